The minimum absolute atomic E-state index is 1.25. The van der Waals surface area contributed by atoms with Gasteiger partial charge >= 0.3 is 0 Å². The summed E-state index contributed by atoms with van der Waals surface area (Å²) >= 11 is 0. The van der Waals surface area contributed by atoms with E-state index in [9.17, 15) is 0 Å². The molecule has 4 aromatic carbocycles. The van der Waals surface area contributed by atoms with Gasteiger partial charge in [0.2, 0.25) is 0 Å². The Morgan fingerprint density at radius 2 is 0.289 bits per heavy atom. The largest absolute Gasteiger partial charge is 0.388 e. The molecule has 0 unspecified atom stereocenters. The Balaban J connectivity index is -0.000000111. The average Bonchev–Trinajstić information content (AvgIpc) is 3.00. The molecule has 38 heavy (non-hydrogen) atoms. The highest BCUT2D eigenvalue weighted by molar-refractivity contribution is 5.00. The summed E-state index contributed by atoms with van der Waals surface area (Å²) in [6.07, 6.45) is 2.50. The van der Waals surface area contributed by atoms with Crippen LogP contribution in [-0.2, 0) is 9.47 Å². The van der Waals surface area contributed by atoms with Crippen LogP contribution < -0.4 is 0 Å². The molecule has 0 atom stereocenters. The molecule has 0 saturated heterocycles. The fourth-order valence-electron chi connectivity index (χ4n) is 1.54. The molecular formula is C36H58O2. The van der Waals surface area contributed by atoms with Crippen LogP contribution in [-0.4, -0.2) is 28.4 Å². The second-order valence-corrected chi connectivity index (χ2v) is 6.85. The first-order chi connectivity index (χ1) is 18.7. The summed E-state index contributed by atoms with van der Waals surface area (Å²) in [4.78, 5) is 0. The maximum Gasteiger partial charge on any atom is 0.0351 e. The third-order valence-corrected chi connectivity index (χ3v) is 2.67. The standard InChI is InChI=1S/4C6H6.2C3H8.2C2H6O.C2H6/c4*1-2-4-6-5-3-1;4*1-3-2;1-2/h4*1-6H;2*3H2,1-2H3;2*1-2H3;1-2H3. The van der Waals surface area contributed by atoms with E-state index in [1.807, 2.05) is 159 Å². The molecule has 0 aliphatic heterocycles. The first kappa shape index (κ1) is 44.8. The molecule has 0 heterocycles. The van der Waals surface area contributed by atoms with Gasteiger partial charge in [0, 0.05) is 28.4 Å². The molecule has 2 nitrogen and oxygen atoms in total. The second kappa shape index (κ2) is 59.1. The monoisotopic (exact) mass is 522 g/mol. The zero-order chi connectivity index (χ0) is 29.8. The molecule has 0 radical (unpaired) electrons. The lowest BCUT2D eigenvalue weighted by Crippen LogP contribution is -1.55. The van der Waals surface area contributed by atoms with E-state index in [0.717, 1.165) is 0 Å². The lowest BCUT2D eigenvalue weighted by molar-refractivity contribution is 0.277. The quantitative estimate of drug-likeness (QED) is 0.229. The molecule has 0 aliphatic rings. The molecule has 2 heteroatoms. The predicted octanol–water partition coefficient (Wildman–Crippen LogP) is 11.1. The number of ether oxygens (including phenoxy) is 2. The van der Waals surface area contributed by atoms with Crippen molar-refractivity contribution in [1.82, 2.24) is 0 Å². The van der Waals surface area contributed by atoms with E-state index >= 15 is 0 Å². The third kappa shape index (κ3) is 76.7. The van der Waals surface area contributed by atoms with Crippen LogP contribution in [0, 0.1) is 0 Å². The topological polar surface area (TPSA) is 18.5 Å². The van der Waals surface area contributed by atoms with E-state index in [0.29, 0.717) is 0 Å². The van der Waals surface area contributed by atoms with Crippen LogP contribution in [0.25, 0.3) is 0 Å². The molecule has 0 amide bonds. The average molecular weight is 523 g/mol. The van der Waals surface area contributed by atoms with Crippen molar-refractivity contribution in [3.8, 4) is 0 Å². The summed E-state index contributed by atoms with van der Waals surface area (Å²) in [6.45, 7) is 12.5. The Kier molecular flexibility index (Phi) is 69.7. The van der Waals surface area contributed by atoms with Gasteiger partial charge in [-0.1, -0.05) is 200 Å². The van der Waals surface area contributed by atoms with Crippen LogP contribution in [0.3, 0.4) is 0 Å². The van der Waals surface area contributed by atoms with Crippen molar-refractivity contribution in [3.05, 3.63) is 146 Å². The van der Waals surface area contributed by atoms with E-state index in [1.165, 1.54) is 12.8 Å². The normalized spacial score (nSPS) is 7.11. The maximum absolute atomic E-state index is 4.25. The van der Waals surface area contributed by atoms with Crippen LogP contribution in [0.5, 0.6) is 0 Å². The predicted molar refractivity (Wildman–Crippen MR) is 175 cm³/mol. The molecule has 214 valence electrons. The van der Waals surface area contributed by atoms with E-state index in [2.05, 4.69) is 37.2 Å². The fourth-order valence-corrected chi connectivity index (χ4v) is 1.54. The number of hydrogen-bond acceptors (Lipinski definition) is 2. The number of benzene rings is 4. The fraction of sp³-hybridized carbons (Fsp3) is 0.333. The Bertz CT molecular complexity index is 477. The summed E-state index contributed by atoms with van der Waals surface area (Å²) in [5, 5.41) is 0. The van der Waals surface area contributed by atoms with Crippen LogP contribution in [0.4, 0.5) is 0 Å². The Hall–Kier alpha value is -3.20. The van der Waals surface area contributed by atoms with E-state index in [1.54, 1.807) is 28.4 Å². The van der Waals surface area contributed by atoms with Gasteiger partial charge in [0.05, 0.1) is 0 Å². The van der Waals surface area contributed by atoms with Crippen molar-refractivity contribution in [2.75, 3.05) is 28.4 Å². The summed E-state index contributed by atoms with van der Waals surface area (Å²) in [7, 11) is 6.50. The van der Waals surface area contributed by atoms with Gasteiger partial charge in [-0.2, -0.15) is 0 Å². The SMILES string of the molecule is CC.CCC.CCC.COC.COC.c1ccccc1.c1ccccc1.c1ccccc1.c1ccccc1. The van der Waals surface area contributed by atoms with Gasteiger partial charge in [-0.3, -0.25) is 0 Å². The van der Waals surface area contributed by atoms with Crippen molar-refractivity contribution in [3.63, 3.8) is 0 Å². The van der Waals surface area contributed by atoms with Crippen molar-refractivity contribution >= 4 is 0 Å². The highest BCUT2D eigenvalue weighted by atomic mass is 16.5. The molecule has 0 fully saturated rings. The van der Waals surface area contributed by atoms with Gasteiger partial charge in [-0.15, -0.1) is 0 Å². The highest BCUT2D eigenvalue weighted by Gasteiger charge is 1.59. The molecular weight excluding hydrogens is 464 g/mol. The first-order valence-electron chi connectivity index (χ1n) is 13.5. The van der Waals surface area contributed by atoms with E-state index < -0.39 is 0 Å². The van der Waals surface area contributed by atoms with Crippen molar-refractivity contribution in [2.45, 2.75) is 54.4 Å². The van der Waals surface area contributed by atoms with Gasteiger partial charge in [0.15, 0.2) is 0 Å². The molecule has 4 aromatic rings. The Morgan fingerprint density at radius 3 is 0.316 bits per heavy atom. The van der Waals surface area contributed by atoms with Crippen molar-refractivity contribution in [2.24, 2.45) is 0 Å². The summed E-state index contributed by atoms with van der Waals surface area (Å²) in [5.74, 6) is 0. The zero-order valence-electron chi connectivity index (χ0n) is 26.1. The van der Waals surface area contributed by atoms with Gasteiger partial charge in [0.25, 0.3) is 0 Å². The van der Waals surface area contributed by atoms with Crippen LogP contribution in [0.1, 0.15) is 54.4 Å². The second-order valence-electron chi connectivity index (χ2n) is 6.85. The molecule has 0 spiro atoms. The van der Waals surface area contributed by atoms with Gasteiger partial charge in [-0.05, 0) is 0 Å². The maximum atomic E-state index is 4.25. The Morgan fingerprint density at radius 1 is 0.263 bits per heavy atom. The Labute approximate surface area is 237 Å². The lowest BCUT2D eigenvalue weighted by Gasteiger charge is -1.69. The van der Waals surface area contributed by atoms with Gasteiger partial charge in [0.1, 0.15) is 0 Å². The van der Waals surface area contributed by atoms with Crippen LogP contribution in [0.2, 0.25) is 0 Å². The molecule has 4 rings (SSSR count). The minimum Gasteiger partial charge on any atom is -0.388 e. The minimum atomic E-state index is 1.25. The summed E-state index contributed by atoms with van der Waals surface area (Å²) in [5.41, 5.74) is 0. The van der Waals surface area contributed by atoms with Gasteiger partial charge < -0.3 is 9.47 Å². The summed E-state index contributed by atoms with van der Waals surface area (Å²) in [6, 6.07) is 48.0. The zero-order valence-corrected chi connectivity index (χ0v) is 26.1. The summed E-state index contributed by atoms with van der Waals surface area (Å²) < 4.78 is 8.50. The number of methoxy groups -OCH3 is 2. The van der Waals surface area contributed by atoms with Crippen LogP contribution >= 0.6 is 0 Å². The molecule has 0 N–H and O–H groups in total. The highest BCUT2D eigenvalue weighted by Crippen LogP contribution is 1.81. The van der Waals surface area contributed by atoms with Crippen LogP contribution in [0.15, 0.2) is 146 Å². The molecule has 0 aromatic heterocycles. The number of rotatable bonds is 0. The van der Waals surface area contributed by atoms with Crippen molar-refractivity contribution < 1.29 is 9.47 Å². The third-order valence-electron chi connectivity index (χ3n) is 2.67. The first-order valence-corrected chi connectivity index (χ1v) is 13.5. The smallest absolute Gasteiger partial charge is 0.0351 e. The number of hydrogen-bond donors (Lipinski definition) is 0. The molecule has 0 aliphatic carbocycles. The molecule has 0 saturated carbocycles. The van der Waals surface area contributed by atoms with E-state index in [-0.39, 0.29) is 0 Å². The molecule has 0 bridgehead atoms. The lowest BCUT2D eigenvalue weighted by atomic mass is 10.4. The van der Waals surface area contributed by atoms with Crippen molar-refractivity contribution in [1.29, 1.82) is 0 Å². The van der Waals surface area contributed by atoms with Gasteiger partial charge in [-0.25, -0.2) is 0 Å². The van der Waals surface area contributed by atoms with E-state index in [4.69, 9.17) is 0 Å².